The van der Waals surface area contributed by atoms with Crippen LogP contribution in [-0.4, -0.2) is 6.04 Å². The third-order valence-electron chi connectivity index (χ3n) is 3.11. The summed E-state index contributed by atoms with van der Waals surface area (Å²) in [6.07, 6.45) is 7.14. The van der Waals surface area contributed by atoms with E-state index in [2.05, 4.69) is 38.1 Å². The van der Waals surface area contributed by atoms with Crippen molar-refractivity contribution in [3.05, 3.63) is 35.4 Å². The van der Waals surface area contributed by atoms with E-state index in [-0.39, 0.29) is 0 Å². The van der Waals surface area contributed by atoms with Gasteiger partial charge in [0.05, 0.1) is 0 Å². The summed E-state index contributed by atoms with van der Waals surface area (Å²) in [6.45, 7) is 4.42. The van der Waals surface area contributed by atoms with Crippen molar-refractivity contribution in [3.63, 3.8) is 0 Å². The Bertz CT molecular complexity index is 276. The molecule has 1 atom stereocenters. The first kappa shape index (κ1) is 13.2. The Morgan fingerprint density at radius 2 is 1.62 bits per heavy atom. The van der Waals surface area contributed by atoms with Crippen molar-refractivity contribution < 1.29 is 0 Å². The molecule has 1 nitrogen and oxygen atoms in total. The molecule has 0 fully saturated rings. The van der Waals surface area contributed by atoms with Gasteiger partial charge in [-0.1, -0.05) is 57.4 Å². The van der Waals surface area contributed by atoms with Gasteiger partial charge in [-0.25, -0.2) is 0 Å². The summed E-state index contributed by atoms with van der Waals surface area (Å²) in [5.74, 6) is 0. The van der Waals surface area contributed by atoms with E-state index < -0.39 is 0 Å². The molecule has 0 aliphatic heterocycles. The Labute approximate surface area is 100 Å². The fourth-order valence-corrected chi connectivity index (χ4v) is 1.97. The maximum Gasteiger partial charge on any atom is 0.00793 e. The van der Waals surface area contributed by atoms with Crippen LogP contribution in [0.15, 0.2) is 24.3 Å². The van der Waals surface area contributed by atoms with Crippen LogP contribution >= 0.6 is 0 Å². The van der Waals surface area contributed by atoms with E-state index in [1.807, 2.05) is 0 Å². The molecule has 1 heteroatoms. The normalized spacial score (nSPS) is 12.7. The van der Waals surface area contributed by atoms with Crippen molar-refractivity contribution in [2.24, 2.45) is 5.73 Å². The Morgan fingerprint density at radius 1 is 1.00 bits per heavy atom. The zero-order valence-corrected chi connectivity index (χ0v) is 10.7. The average molecular weight is 219 g/mol. The van der Waals surface area contributed by atoms with Gasteiger partial charge in [-0.2, -0.15) is 0 Å². The summed E-state index contributed by atoms with van der Waals surface area (Å²) in [5.41, 5.74) is 8.90. The summed E-state index contributed by atoms with van der Waals surface area (Å²) in [4.78, 5) is 0. The van der Waals surface area contributed by atoms with Crippen molar-refractivity contribution in [3.8, 4) is 0 Å². The van der Waals surface area contributed by atoms with Gasteiger partial charge in [-0.15, -0.1) is 0 Å². The smallest absolute Gasteiger partial charge is 0.00793 e. The summed E-state index contributed by atoms with van der Waals surface area (Å²) in [6, 6.07) is 9.21. The topological polar surface area (TPSA) is 26.0 Å². The molecule has 1 aromatic carbocycles. The molecule has 0 radical (unpaired) electrons. The van der Waals surface area contributed by atoms with Crippen LogP contribution < -0.4 is 5.73 Å². The predicted octanol–water partition coefficient (Wildman–Crippen LogP) is 3.70. The van der Waals surface area contributed by atoms with Crippen LogP contribution in [0.2, 0.25) is 0 Å². The maximum absolute atomic E-state index is 6.12. The van der Waals surface area contributed by atoms with Crippen molar-refractivity contribution >= 4 is 0 Å². The number of benzene rings is 1. The van der Waals surface area contributed by atoms with Gasteiger partial charge in [-0.05, 0) is 30.4 Å². The van der Waals surface area contributed by atoms with Crippen LogP contribution in [0, 0.1) is 0 Å². The molecule has 0 aliphatic carbocycles. The molecule has 0 bridgehead atoms. The highest BCUT2D eigenvalue weighted by Crippen LogP contribution is 2.10. The monoisotopic (exact) mass is 219 g/mol. The summed E-state index contributed by atoms with van der Waals surface area (Å²) < 4.78 is 0. The zero-order valence-electron chi connectivity index (χ0n) is 10.7. The Hall–Kier alpha value is -0.820. The van der Waals surface area contributed by atoms with Crippen LogP contribution in [-0.2, 0) is 12.8 Å². The lowest BCUT2D eigenvalue weighted by Gasteiger charge is -2.11. The molecular weight excluding hydrogens is 194 g/mol. The molecule has 90 valence electrons. The number of hydrogen-bond donors (Lipinski definition) is 1. The van der Waals surface area contributed by atoms with E-state index in [9.17, 15) is 0 Å². The fraction of sp³-hybridized carbons (Fsp3) is 0.600. The lowest BCUT2D eigenvalue weighted by molar-refractivity contribution is 0.557. The van der Waals surface area contributed by atoms with Gasteiger partial charge in [0, 0.05) is 6.04 Å². The van der Waals surface area contributed by atoms with Gasteiger partial charge in [-0.3, -0.25) is 0 Å². The molecule has 2 N–H and O–H groups in total. The van der Waals surface area contributed by atoms with Crippen molar-refractivity contribution in [1.82, 2.24) is 0 Å². The third kappa shape index (κ3) is 4.80. The second kappa shape index (κ2) is 7.45. The van der Waals surface area contributed by atoms with Crippen molar-refractivity contribution in [1.29, 1.82) is 0 Å². The standard InChI is InChI=1S/C15H25N/c1-3-5-6-7-15(16)12-14-10-8-13(4-2)9-11-14/h8-11,15H,3-7,12,16H2,1-2H3. The third-order valence-corrected chi connectivity index (χ3v) is 3.11. The first-order valence-electron chi connectivity index (χ1n) is 6.59. The number of hydrogen-bond acceptors (Lipinski definition) is 1. The molecule has 0 heterocycles. The predicted molar refractivity (Wildman–Crippen MR) is 71.6 cm³/mol. The Balaban J connectivity index is 2.34. The van der Waals surface area contributed by atoms with Crippen molar-refractivity contribution in [2.75, 3.05) is 0 Å². The Morgan fingerprint density at radius 3 is 2.19 bits per heavy atom. The molecule has 0 spiro atoms. The summed E-state index contributed by atoms with van der Waals surface area (Å²) >= 11 is 0. The minimum atomic E-state index is 0.332. The Kier molecular flexibility index (Phi) is 6.17. The lowest BCUT2D eigenvalue weighted by Crippen LogP contribution is -2.22. The molecule has 1 aromatic rings. The van der Waals surface area contributed by atoms with Crippen LogP contribution in [0.1, 0.15) is 50.7 Å². The quantitative estimate of drug-likeness (QED) is 0.695. The van der Waals surface area contributed by atoms with E-state index in [4.69, 9.17) is 5.73 Å². The van der Waals surface area contributed by atoms with Gasteiger partial charge in [0.1, 0.15) is 0 Å². The fourth-order valence-electron chi connectivity index (χ4n) is 1.97. The zero-order chi connectivity index (χ0) is 11.8. The van der Waals surface area contributed by atoms with Gasteiger partial charge in [0.15, 0.2) is 0 Å². The second-order valence-electron chi connectivity index (χ2n) is 4.63. The average Bonchev–Trinajstić information content (AvgIpc) is 2.30. The van der Waals surface area contributed by atoms with Gasteiger partial charge in [0.25, 0.3) is 0 Å². The molecule has 1 unspecified atom stereocenters. The van der Waals surface area contributed by atoms with E-state index in [1.165, 1.54) is 30.4 Å². The minimum absolute atomic E-state index is 0.332. The number of unbranched alkanes of at least 4 members (excludes halogenated alkanes) is 2. The second-order valence-corrected chi connectivity index (χ2v) is 4.63. The highest BCUT2D eigenvalue weighted by atomic mass is 14.6. The molecule has 0 saturated heterocycles. The highest BCUT2D eigenvalue weighted by Gasteiger charge is 2.03. The molecule has 0 saturated carbocycles. The minimum Gasteiger partial charge on any atom is -0.327 e. The number of nitrogens with two attached hydrogens (primary N) is 1. The summed E-state index contributed by atoms with van der Waals surface area (Å²) in [7, 11) is 0. The SMILES string of the molecule is CCCCCC(N)Cc1ccc(CC)cc1. The van der Waals surface area contributed by atoms with Crippen LogP contribution in [0.4, 0.5) is 0 Å². The molecule has 0 aromatic heterocycles. The number of rotatable bonds is 7. The van der Waals surface area contributed by atoms with Crippen molar-refractivity contribution in [2.45, 2.75) is 58.4 Å². The molecule has 0 aliphatic rings. The molecule has 16 heavy (non-hydrogen) atoms. The summed E-state index contributed by atoms with van der Waals surface area (Å²) in [5, 5.41) is 0. The molecule has 1 rings (SSSR count). The van der Waals surface area contributed by atoms with Crippen LogP contribution in [0.25, 0.3) is 0 Å². The number of aryl methyl sites for hydroxylation is 1. The highest BCUT2D eigenvalue weighted by molar-refractivity contribution is 5.23. The largest absolute Gasteiger partial charge is 0.327 e. The van der Waals surface area contributed by atoms with E-state index in [0.29, 0.717) is 6.04 Å². The first-order chi connectivity index (χ1) is 7.76. The van der Waals surface area contributed by atoms with Crippen LogP contribution in [0.5, 0.6) is 0 Å². The molecular formula is C15H25N. The van der Waals surface area contributed by atoms with Gasteiger partial charge < -0.3 is 5.73 Å². The van der Waals surface area contributed by atoms with Crippen LogP contribution in [0.3, 0.4) is 0 Å². The molecule has 0 amide bonds. The maximum atomic E-state index is 6.12. The first-order valence-corrected chi connectivity index (χ1v) is 6.59. The van der Waals surface area contributed by atoms with E-state index in [0.717, 1.165) is 19.3 Å². The lowest BCUT2D eigenvalue weighted by atomic mass is 10.00. The van der Waals surface area contributed by atoms with Gasteiger partial charge in [0.2, 0.25) is 0 Å². The van der Waals surface area contributed by atoms with E-state index in [1.54, 1.807) is 0 Å². The van der Waals surface area contributed by atoms with Gasteiger partial charge >= 0.3 is 0 Å². The van der Waals surface area contributed by atoms with E-state index >= 15 is 0 Å².